The molecule has 0 saturated carbocycles. The normalized spacial score (nSPS) is 11.6. The summed E-state index contributed by atoms with van der Waals surface area (Å²) >= 11 is 0. The molecule has 0 aliphatic rings. The maximum absolute atomic E-state index is 11.2. The molecule has 2 rings (SSSR count). The third kappa shape index (κ3) is 12.2. The Labute approximate surface area is 231 Å². The monoisotopic (exact) mass is 540 g/mol. The number of carbonyl (C=O) groups is 2. The van der Waals surface area contributed by atoms with E-state index in [9.17, 15) is 9.59 Å². The second-order valence-corrected chi connectivity index (χ2v) is 8.93. The number of ether oxygens (including phenoxy) is 6. The second-order valence-electron chi connectivity index (χ2n) is 8.93. The molecule has 0 fully saturated rings. The number of rotatable bonds is 18. The zero-order chi connectivity index (χ0) is 28.3. The van der Waals surface area contributed by atoms with E-state index in [0.717, 1.165) is 22.6 Å². The van der Waals surface area contributed by atoms with Crippen molar-refractivity contribution in [3.63, 3.8) is 0 Å². The van der Waals surface area contributed by atoms with Crippen LogP contribution in [0.4, 0.5) is 0 Å². The Hall–Kier alpha value is -3.62. The molecule has 0 N–H and O–H groups in total. The summed E-state index contributed by atoms with van der Waals surface area (Å²) < 4.78 is 32.3. The summed E-state index contributed by atoms with van der Waals surface area (Å²) in [5.41, 5.74) is 2.11. The lowest BCUT2D eigenvalue weighted by Crippen LogP contribution is -2.19. The van der Waals surface area contributed by atoms with Gasteiger partial charge in [-0.05, 0) is 49.2 Å². The van der Waals surface area contributed by atoms with Crippen molar-refractivity contribution in [2.45, 2.75) is 33.1 Å². The van der Waals surface area contributed by atoms with Crippen LogP contribution in [0.1, 0.15) is 38.8 Å². The maximum atomic E-state index is 11.2. The van der Waals surface area contributed by atoms with Gasteiger partial charge in [-0.25, -0.2) is 9.59 Å². The Morgan fingerprint density at radius 1 is 0.590 bits per heavy atom. The maximum Gasteiger partial charge on any atom is 0.330 e. The van der Waals surface area contributed by atoms with Crippen LogP contribution in [-0.2, 0) is 34.0 Å². The molecule has 0 spiro atoms. The molecule has 2 aromatic rings. The number of hydrogen-bond donors (Lipinski definition) is 0. The Kier molecular flexibility index (Phi) is 14.4. The lowest BCUT2D eigenvalue weighted by molar-refractivity contribution is -0.140. The standard InChI is InChI=1S/C31H40O8/c1-5-7-29(32)38-23-19-34-17-21-36-27-13-9-25(10-14-27)31(3,4)26-11-15-28(16-12-26)37-22-18-35-20-24-39-30(33)8-6-2/h5-16H,17-24H2,1-4H3. The molecule has 0 bridgehead atoms. The van der Waals surface area contributed by atoms with Gasteiger partial charge in [0.05, 0.1) is 26.4 Å². The molecule has 0 heterocycles. The van der Waals surface area contributed by atoms with E-state index in [2.05, 4.69) is 38.1 Å². The predicted octanol–water partition coefficient (Wildman–Crippen LogP) is 5.04. The predicted molar refractivity (Wildman–Crippen MR) is 149 cm³/mol. The topological polar surface area (TPSA) is 89.5 Å². The SMILES string of the molecule is CC=CC(=O)OCCOCCOc1ccc(C(C)(C)c2ccc(OCCOCCOC(=O)C=CC)cc2)cc1. The van der Waals surface area contributed by atoms with E-state index in [4.69, 9.17) is 28.4 Å². The van der Waals surface area contributed by atoms with Gasteiger partial charge in [0.25, 0.3) is 0 Å². The minimum absolute atomic E-state index is 0.210. The summed E-state index contributed by atoms with van der Waals surface area (Å²) in [5, 5.41) is 0. The summed E-state index contributed by atoms with van der Waals surface area (Å²) in [6, 6.07) is 16.1. The Morgan fingerprint density at radius 3 is 1.31 bits per heavy atom. The second kappa shape index (κ2) is 17.8. The first kappa shape index (κ1) is 31.6. The van der Waals surface area contributed by atoms with Crippen LogP contribution in [0.15, 0.2) is 72.8 Å². The fourth-order valence-electron chi connectivity index (χ4n) is 3.51. The van der Waals surface area contributed by atoms with Gasteiger partial charge in [0.2, 0.25) is 0 Å². The van der Waals surface area contributed by atoms with Crippen molar-refractivity contribution in [1.82, 2.24) is 0 Å². The van der Waals surface area contributed by atoms with Crippen molar-refractivity contribution >= 4 is 11.9 Å². The van der Waals surface area contributed by atoms with E-state index in [1.165, 1.54) is 12.2 Å². The van der Waals surface area contributed by atoms with Crippen LogP contribution in [0.5, 0.6) is 11.5 Å². The van der Waals surface area contributed by atoms with Crippen molar-refractivity contribution in [2.24, 2.45) is 0 Å². The number of carbonyl (C=O) groups excluding carboxylic acids is 2. The lowest BCUT2D eigenvalue weighted by atomic mass is 9.78. The fourth-order valence-corrected chi connectivity index (χ4v) is 3.51. The van der Waals surface area contributed by atoms with Crippen LogP contribution < -0.4 is 9.47 Å². The molecule has 0 aromatic heterocycles. The van der Waals surface area contributed by atoms with Crippen LogP contribution in [0.2, 0.25) is 0 Å². The van der Waals surface area contributed by atoms with Gasteiger partial charge in [0.15, 0.2) is 0 Å². The zero-order valence-electron chi connectivity index (χ0n) is 23.4. The molecule has 212 valence electrons. The molecule has 8 heteroatoms. The third-order valence-corrected chi connectivity index (χ3v) is 5.69. The fraction of sp³-hybridized carbons (Fsp3) is 0.419. The van der Waals surface area contributed by atoms with E-state index in [0.29, 0.717) is 39.6 Å². The van der Waals surface area contributed by atoms with Gasteiger partial charge in [-0.2, -0.15) is 0 Å². The van der Waals surface area contributed by atoms with E-state index in [1.807, 2.05) is 24.3 Å². The van der Waals surface area contributed by atoms with Crippen molar-refractivity contribution in [1.29, 1.82) is 0 Å². The molecule has 0 radical (unpaired) electrons. The molecular formula is C31H40O8. The largest absolute Gasteiger partial charge is 0.491 e. The average Bonchev–Trinajstić information content (AvgIpc) is 2.93. The van der Waals surface area contributed by atoms with Crippen molar-refractivity contribution in [3.05, 3.63) is 84.0 Å². The summed E-state index contributed by atoms with van der Waals surface area (Å²) in [6.45, 7) is 10.6. The number of hydrogen-bond acceptors (Lipinski definition) is 8. The first-order valence-electron chi connectivity index (χ1n) is 13.1. The molecule has 0 atom stereocenters. The van der Waals surface area contributed by atoms with Gasteiger partial charge in [-0.15, -0.1) is 0 Å². The Morgan fingerprint density at radius 2 is 0.949 bits per heavy atom. The van der Waals surface area contributed by atoms with Gasteiger partial charge >= 0.3 is 11.9 Å². The molecule has 0 aliphatic carbocycles. The summed E-state index contributed by atoms with van der Waals surface area (Å²) in [4.78, 5) is 22.4. The first-order valence-corrected chi connectivity index (χ1v) is 13.1. The molecular weight excluding hydrogens is 500 g/mol. The number of benzene rings is 2. The van der Waals surface area contributed by atoms with Crippen molar-refractivity contribution < 1.29 is 38.0 Å². The van der Waals surface area contributed by atoms with E-state index in [1.54, 1.807) is 26.0 Å². The minimum Gasteiger partial charge on any atom is -0.491 e. The van der Waals surface area contributed by atoms with E-state index >= 15 is 0 Å². The first-order chi connectivity index (χ1) is 18.9. The molecule has 8 nitrogen and oxygen atoms in total. The number of allylic oxidation sites excluding steroid dienone is 2. The average molecular weight is 541 g/mol. The van der Waals surface area contributed by atoms with Crippen LogP contribution in [0.25, 0.3) is 0 Å². The lowest BCUT2D eigenvalue weighted by Gasteiger charge is -2.26. The molecule has 0 aliphatic heterocycles. The van der Waals surface area contributed by atoms with Crippen LogP contribution >= 0.6 is 0 Å². The van der Waals surface area contributed by atoms with Gasteiger partial charge in [-0.3, -0.25) is 0 Å². The van der Waals surface area contributed by atoms with Crippen LogP contribution in [0.3, 0.4) is 0 Å². The molecule has 0 amide bonds. The summed E-state index contributed by atoms with van der Waals surface area (Å²) in [6.07, 6.45) is 6.00. The molecule has 0 saturated heterocycles. The van der Waals surface area contributed by atoms with Gasteiger partial charge in [0, 0.05) is 17.6 Å². The number of esters is 2. The quantitative estimate of drug-likeness (QED) is 0.148. The van der Waals surface area contributed by atoms with Crippen molar-refractivity contribution in [3.8, 4) is 11.5 Å². The molecule has 2 aromatic carbocycles. The van der Waals surface area contributed by atoms with Crippen LogP contribution in [0, 0.1) is 0 Å². The smallest absolute Gasteiger partial charge is 0.330 e. The minimum atomic E-state index is -0.371. The summed E-state index contributed by atoms with van der Waals surface area (Å²) in [7, 11) is 0. The highest BCUT2D eigenvalue weighted by molar-refractivity contribution is 5.82. The highest BCUT2D eigenvalue weighted by atomic mass is 16.6. The highest BCUT2D eigenvalue weighted by Crippen LogP contribution is 2.33. The van der Waals surface area contributed by atoms with E-state index < -0.39 is 0 Å². The molecule has 0 unspecified atom stereocenters. The van der Waals surface area contributed by atoms with Gasteiger partial charge in [-0.1, -0.05) is 50.3 Å². The van der Waals surface area contributed by atoms with Crippen LogP contribution in [-0.4, -0.2) is 64.8 Å². The van der Waals surface area contributed by atoms with Gasteiger partial charge < -0.3 is 28.4 Å². The summed E-state index contributed by atoms with van der Waals surface area (Å²) in [5.74, 6) is 0.786. The molecule has 39 heavy (non-hydrogen) atoms. The highest BCUT2D eigenvalue weighted by Gasteiger charge is 2.23. The Balaban J connectivity index is 1.69. The van der Waals surface area contributed by atoms with E-state index in [-0.39, 0.29) is 30.6 Å². The van der Waals surface area contributed by atoms with Gasteiger partial charge in [0.1, 0.15) is 37.9 Å². The van der Waals surface area contributed by atoms with Crippen molar-refractivity contribution in [2.75, 3.05) is 52.9 Å². The Bertz CT molecular complexity index is 956. The third-order valence-electron chi connectivity index (χ3n) is 5.69. The zero-order valence-corrected chi connectivity index (χ0v) is 23.4.